The summed E-state index contributed by atoms with van der Waals surface area (Å²) < 4.78 is 2.46. The van der Waals surface area contributed by atoms with Crippen LogP contribution in [-0.2, 0) is 26.1 Å². The zero-order valence-corrected chi connectivity index (χ0v) is 13.7. The van der Waals surface area contributed by atoms with E-state index in [9.17, 15) is 0 Å². The molecule has 1 aromatic heterocycles. The van der Waals surface area contributed by atoms with Crippen LogP contribution in [0.4, 0.5) is 0 Å². The van der Waals surface area contributed by atoms with E-state index in [1.165, 1.54) is 33.3 Å². The molecule has 3 heteroatoms. The number of nitrogens with two attached hydrogens (primary N) is 1. The Morgan fingerprint density at radius 3 is 2.52 bits per heavy atom. The summed E-state index contributed by atoms with van der Waals surface area (Å²) in [4.78, 5) is 2.38. The summed E-state index contributed by atoms with van der Waals surface area (Å²) in [5.74, 6) is 0.538. The number of hydrogen-bond acceptors (Lipinski definition) is 2. The summed E-state index contributed by atoms with van der Waals surface area (Å²) >= 11 is 0. The maximum absolute atomic E-state index is 5.85. The highest BCUT2D eigenvalue weighted by atomic mass is 15.1. The van der Waals surface area contributed by atoms with E-state index in [2.05, 4.69) is 49.4 Å². The van der Waals surface area contributed by atoms with Crippen molar-refractivity contribution in [3.63, 3.8) is 0 Å². The number of fused-ring (bicyclic) bond motifs is 2. The van der Waals surface area contributed by atoms with Gasteiger partial charge in [-0.15, -0.1) is 0 Å². The zero-order chi connectivity index (χ0) is 15.1. The normalized spacial score (nSPS) is 16.6. The third-order valence-corrected chi connectivity index (χ3v) is 4.93. The number of aryl methyl sites for hydroxylation is 1. The topological polar surface area (TPSA) is 34.2 Å². The van der Waals surface area contributed by atoms with Gasteiger partial charge in [0.15, 0.2) is 0 Å². The number of rotatable bonds is 4. The molecule has 0 saturated carbocycles. The van der Waals surface area contributed by atoms with Crippen LogP contribution in [0.15, 0.2) is 12.1 Å². The second kappa shape index (κ2) is 5.47. The molecule has 0 aliphatic carbocycles. The first-order valence-corrected chi connectivity index (χ1v) is 8.07. The molecule has 0 fully saturated rings. The van der Waals surface area contributed by atoms with E-state index in [1.807, 2.05) is 0 Å². The molecule has 3 rings (SSSR count). The number of nitrogens with zero attached hydrogens (tertiary/aromatic N) is 2. The van der Waals surface area contributed by atoms with Gasteiger partial charge in [0.2, 0.25) is 0 Å². The molecule has 0 bridgehead atoms. The van der Waals surface area contributed by atoms with Crippen molar-refractivity contribution in [1.29, 1.82) is 0 Å². The predicted molar refractivity (Wildman–Crippen MR) is 89.4 cm³/mol. The van der Waals surface area contributed by atoms with Crippen molar-refractivity contribution in [3.8, 4) is 0 Å². The zero-order valence-electron chi connectivity index (χ0n) is 13.7. The van der Waals surface area contributed by atoms with Crippen molar-refractivity contribution in [3.05, 3.63) is 34.5 Å². The van der Waals surface area contributed by atoms with Crippen LogP contribution in [0.3, 0.4) is 0 Å². The van der Waals surface area contributed by atoms with Crippen LogP contribution in [0.5, 0.6) is 0 Å². The van der Waals surface area contributed by atoms with Gasteiger partial charge in [-0.1, -0.05) is 6.92 Å². The Balaban J connectivity index is 2.18. The first kappa shape index (κ1) is 14.6. The molecule has 21 heavy (non-hydrogen) atoms. The van der Waals surface area contributed by atoms with E-state index < -0.39 is 0 Å². The Hall–Kier alpha value is -1.32. The second-order valence-electron chi connectivity index (χ2n) is 6.66. The van der Waals surface area contributed by atoms with Crippen LogP contribution in [0.25, 0.3) is 10.9 Å². The summed E-state index contributed by atoms with van der Waals surface area (Å²) in [7, 11) is 2.20. The maximum Gasteiger partial charge on any atom is 0.0488 e. The van der Waals surface area contributed by atoms with Crippen molar-refractivity contribution in [2.24, 2.45) is 11.7 Å². The van der Waals surface area contributed by atoms with Crippen LogP contribution in [0, 0.1) is 12.8 Å². The van der Waals surface area contributed by atoms with Gasteiger partial charge in [0, 0.05) is 36.2 Å². The van der Waals surface area contributed by atoms with Gasteiger partial charge >= 0.3 is 0 Å². The molecule has 0 amide bonds. The van der Waals surface area contributed by atoms with E-state index in [0.29, 0.717) is 5.92 Å². The molecule has 2 heterocycles. The molecule has 2 N–H and O–H groups in total. The lowest BCUT2D eigenvalue weighted by atomic mass is 9.97. The highest BCUT2D eigenvalue weighted by molar-refractivity contribution is 5.87. The first-order chi connectivity index (χ1) is 10.0. The van der Waals surface area contributed by atoms with E-state index in [-0.39, 0.29) is 0 Å². The fourth-order valence-corrected chi connectivity index (χ4v) is 3.71. The largest absolute Gasteiger partial charge is 0.345 e. The van der Waals surface area contributed by atoms with Gasteiger partial charge in [-0.05, 0) is 68.6 Å². The molecule has 3 nitrogen and oxygen atoms in total. The van der Waals surface area contributed by atoms with Crippen molar-refractivity contribution >= 4 is 10.9 Å². The molecule has 1 atom stereocenters. The monoisotopic (exact) mass is 285 g/mol. The summed E-state index contributed by atoms with van der Waals surface area (Å²) in [6, 6.07) is 4.85. The Morgan fingerprint density at radius 1 is 1.24 bits per heavy atom. The van der Waals surface area contributed by atoms with E-state index in [4.69, 9.17) is 5.73 Å². The highest BCUT2D eigenvalue weighted by Crippen LogP contribution is 2.33. The maximum atomic E-state index is 5.85. The van der Waals surface area contributed by atoms with Crippen LogP contribution in [-0.4, -0.2) is 23.1 Å². The third kappa shape index (κ3) is 2.39. The van der Waals surface area contributed by atoms with Gasteiger partial charge in [0.25, 0.3) is 0 Å². The quantitative estimate of drug-likeness (QED) is 0.937. The highest BCUT2D eigenvalue weighted by Gasteiger charge is 2.21. The van der Waals surface area contributed by atoms with Gasteiger partial charge in [0.1, 0.15) is 0 Å². The van der Waals surface area contributed by atoms with Gasteiger partial charge in [-0.3, -0.25) is 4.90 Å². The standard InChI is InChI=1S/C18H27N3/c1-5-21-13(3)16(6-12(2)9-19)17-7-14-10-20(4)11-15(14)8-18(17)21/h7-8,12H,5-6,9-11,19H2,1-4H3. The molecule has 0 saturated heterocycles. The Kier molecular flexibility index (Phi) is 3.80. The fourth-order valence-electron chi connectivity index (χ4n) is 3.71. The molecular weight excluding hydrogens is 258 g/mol. The average molecular weight is 285 g/mol. The predicted octanol–water partition coefficient (Wildman–Crippen LogP) is 3.05. The summed E-state index contributed by atoms with van der Waals surface area (Å²) in [5.41, 5.74) is 13.2. The van der Waals surface area contributed by atoms with Crippen LogP contribution in [0.2, 0.25) is 0 Å². The van der Waals surface area contributed by atoms with E-state index in [0.717, 1.165) is 32.6 Å². The summed E-state index contributed by atoms with van der Waals surface area (Å²) in [6.45, 7) is 10.7. The number of aromatic nitrogens is 1. The van der Waals surface area contributed by atoms with E-state index >= 15 is 0 Å². The lowest BCUT2D eigenvalue weighted by Crippen LogP contribution is -2.13. The minimum absolute atomic E-state index is 0.538. The van der Waals surface area contributed by atoms with Crippen molar-refractivity contribution in [2.45, 2.75) is 46.8 Å². The lowest BCUT2D eigenvalue weighted by molar-refractivity contribution is 0.353. The molecule has 0 radical (unpaired) electrons. The molecule has 1 aliphatic heterocycles. The number of benzene rings is 1. The van der Waals surface area contributed by atoms with Gasteiger partial charge < -0.3 is 10.3 Å². The molecular formula is C18H27N3. The molecule has 1 aromatic carbocycles. The summed E-state index contributed by atoms with van der Waals surface area (Å²) in [6.07, 6.45) is 1.08. The van der Waals surface area contributed by atoms with Crippen LogP contribution < -0.4 is 5.73 Å². The SMILES string of the molecule is CCn1c(C)c(CC(C)CN)c2cc3c(cc21)CN(C)C3. The Bertz CT molecular complexity index is 669. The minimum atomic E-state index is 0.538. The second-order valence-corrected chi connectivity index (χ2v) is 6.66. The lowest BCUT2D eigenvalue weighted by Gasteiger charge is -2.09. The number of hydrogen-bond donors (Lipinski definition) is 1. The molecule has 1 unspecified atom stereocenters. The first-order valence-electron chi connectivity index (χ1n) is 8.07. The van der Waals surface area contributed by atoms with Crippen molar-refractivity contribution in [1.82, 2.24) is 9.47 Å². The summed E-state index contributed by atoms with van der Waals surface area (Å²) in [5, 5.41) is 1.45. The molecule has 0 spiro atoms. The molecule has 114 valence electrons. The van der Waals surface area contributed by atoms with Crippen LogP contribution >= 0.6 is 0 Å². The Labute approximate surface area is 127 Å². The average Bonchev–Trinajstić information content (AvgIpc) is 2.93. The smallest absolute Gasteiger partial charge is 0.0488 e. The van der Waals surface area contributed by atoms with Gasteiger partial charge in [0.05, 0.1) is 0 Å². The third-order valence-electron chi connectivity index (χ3n) is 4.93. The van der Waals surface area contributed by atoms with Crippen molar-refractivity contribution < 1.29 is 0 Å². The molecule has 1 aliphatic rings. The van der Waals surface area contributed by atoms with Crippen LogP contribution in [0.1, 0.15) is 36.2 Å². The minimum Gasteiger partial charge on any atom is -0.345 e. The van der Waals surface area contributed by atoms with Gasteiger partial charge in [-0.25, -0.2) is 0 Å². The molecule has 2 aromatic rings. The Morgan fingerprint density at radius 2 is 1.90 bits per heavy atom. The van der Waals surface area contributed by atoms with Crippen molar-refractivity contribution in [2.75, 3.05) is 13.6 Å². The fraction of sp³-hybridized carbons (Fsp3) is 0.556. The van der Waals surface area contributed by atoms with E-state index in [1.54, 1.807) is 0 Å². The van der Waals surface area contributed by atoms with Gasteiger partial charge in [-0.2, -0.15) is 0 Å².